The van der Waals surface area contributed by atoms with Crippen molar-refractivity contribution in [1.82, 2.24) is 9.88 Å². The van der Waals surface area contributed by atoms with Gasteiger partial charge in [-0.1, -0.05) is 24.3 Å². The molecule has 0 bridgehead atoms. The van der Waals surface area contributed by atoms with Gasteiger partial charge in [-0.2, -0.15) is 0 Å². The van der Waals surface area contributed by atoms with Crippen LogP contribution in [0.15, 0.2) is 48.5 Å². The summed E-state index contributed by atoms with van der Waals surface area (Å²) >= 11 is 0. The number of aryl methyl sites for hydroxylation is 2. The minimum Gasteiger partial charge on any atom is -0.491 e. The molecule has 1 saturated heterocycles. The van der Waals surface area contributed by atoms with E-state index < -0.39 is 17.0 Å². The lowest BCUT2D eigenvalue weighted by molar-refractivity contribution is -0.144. The van der Waals surface area contributed by atoms with Crippen LogP contribution in [-0.4, -0.2) is 72.1 Å². The highest BCUT2D eigenvalue weighted by Crippen LogP contribution is 2.62. The number of amides is 1. The van der Waals surface area contributed by atoms with Crippen LogP contribution in [0.5, 0.6) is 11.5 Å². The van der Waals surface area contributed by atoms with Crippen molar-refractivity contribution in [2.75, 3.05) is 38.3 Å². The van der Waals surface area contributed by atoms with E-state index in [2.05, 4.69) is 11.0 Å². The summed E-state index contributed by atoms with van der Waals surface area (Å²) in [5.41, 5.74) is 4.17. The quantitative estimate of drug-likeness (QED) is 0.321. The van der Waals surface area contributed by atoms with Gasteiger partial charge in [-0.15, -0.1) is 0 Å². The van der Waals surface area contributed by atoms with Crippen LogP contribution in [0.1, 0.15) is 49.4 Å². The first-order valence-corrected chi connectivity index (χ1v) is 15.8. The van der Waals surface area contributed by atoms with Crippen molar-refractivity contribution in [2.24, 2.45) is 11.3 Å². The number of aromatic nitrogens is 1. The van der Waals surface area contributed by atoms with Gasteiger partial charge in [0.15, 0.2) is 0 Å². The van der Waals surface area contributed by atoms with E-state index in [9.17, 15) is 14.7 Å². The highest BCUT2D eigenvalue weighted by atomic mass is 16.6. The predicted molar refractivity (Wildman–Crippen MR) is 173 cm³/mol. The van der Waals surface area contributed by atoms with Crippen molar-refractivity contribution in [1.29, 1.82) is 0 Å². The number of anilines is 1. The molecule has 1 aliphatic carbocycles. The number of benzene rings is 2. The lowest BCUT2D eigenvalue weighted by Gasteiger charge is -2.31. The number of carbonyl (C=O) groups excluding carboxylic acids is 1. The number of piperidine rings is 1. The van der Waals surface area contributed by atoms with Crippen LogP contribution in [0.4, 0.5) is 10.6 Å². The standard InChI is InChI=1S/C36H43N3O7/c1-22-9-7-10-26(28-11-8-12-31(37-28)39-18-25-17-36(25,33(40)41)30(39)21-43-6)32(22)45-20-24-15-23(2)27-19-38(13-14-44-29(27)16-24)34(42)46-35(3,4)5/h7-12,15-16,25,30H,13-14,17-21H2,1-6H3,(H,40,41)/t25?,30-,36-/m1/s1. The first-order valence-electron chi connectivity index (χ1n) is 15.8. The number of pyridine rings is 1. The number of carboxylic acids is 1. The fourth-order valence-electron chi connectivity index (χ4n) is 6.91. The van der Waals surface area contributed by atoms with Gasteiger partial charge in [-0.25, -0.2) is 9.78 Å². The number of fused-ring (bicyclic) bond motifs is 2. The molecule has 3 heterocycles. The molecule has 3 aromatic rings. The average molecular weight is 630 g/mol. The third kappa shape index (κ3) is 5.98. The van der Waals surface area contributed by atoms with Gasteiger partial charge in [-0.05, 0) is 87.9 Å². The van der Waals surface area contributed by atoms with Crippen LogP contribution in [0.2, 0.25) is 0 Å². The van der Waals surface area contributed by atoms with Crippen LogP contribution < -0.4 is 14.4 Å². The number of aliphatic carboxylic acids is 1. The van der Waals surface area contributed by atoms with Crippen molar-refractivity contribution >= 4 is 17.9 Å². The number of carbonyl (C=O) groups is 2. The summed E-state index contributed by atoms with van der Waals surface area (Å²) in [5.74, 6) is 1.56. The molecule has 2 aliphatic heterocycles. The van der Waals surface area contributed by atoms with Gasteiger partial charge in [0.25, 0.3) is 0 Å². The molecule has 1 saturated carbocycles. The van der Waals surface area contributed by atoms with E-state index in [1.165, 1.54) is 0 Å². The van der Waals surface area contributed by atoms with Crippen molar-refractivity contribution in [2.45, 2.75) is 65.8 Å². The Balaban J connectivity index is 1.22. The monoisotopic (exact) mass is 629 g/mol. The maximum atomic E-state index is 12.8. The van der Waals surface area contributed by atoms with Crippen molar-refractivity contribution in [3.05, 3.63) is 70.8 Å². The maximum Gasteiger partial charge on any atom is 0.410 e. The van der Waals surface area contributed by atoms with Crippen molar-refractivity contribution in [3.63, 3.8) is 0 Å². The summed E-state index contributed by atoms with van der Waals surface area (Å²) < 4.78 is 23.7. The van der Waals surface area contributed by atoms with Gasteiger partial charge in [0.1, 0.15) is 36.1 Å². The molecule has 10 heteroatoms. The zero-order chi connectivity index (χ0) is 32.8. The van der Waals surface area contributed by atoms with Crippen LogP contribution in [0.25, 0.3) is 11.3 Å². The molecule has 1 aromatic heterocycles. The third-order valence-corrected chi connectivity index (χ3v) is 9.27. The van der Waals surface area contributed by atoms with E-state index >= 15 is 0 Å². The SMILES string of the molecule is COC[C@H]1N(c2cccc(-c3cccc(C)c3OCc3cc(C)c4c(c3)OCCN(C(=O)OC(C)(C)C)C4)n2)CC2C[C@@]21C(=O)O. The first kappa shape index (κ1) is 31.7. The summed E-state index contributed by atoms with van der Waals surface area (Å²) in [6.45, 7) is 12.1. The highest BCUT2D eigenvalue weighted by molar-refractivity contribution is 5.82. The molecule has 3 atom stereocenters. The van der Waals surface area contributed by atoms with Gasteiger partial charge >= 0.3 is 12.1 Å². The highest BCUT2D eigenvalue weighted by Gasteiger charge is 2.71. The maximum absolute atomic E-state index is 12.8. The molecule has 0 spiro atoms. The normalized spacial score (nSPS) is 22.0. The zero-order valence-electron chi connectivity index (χ0n) is 27.5. The number of para-hydroxylation sites is 1. The summed E-state index contributed by atoms with van der Waals surface area (Å²) in [7, 11) is 1.61. The Morgan fingerprint density at radius 3 is 2.63 bits per heavy atom. The fraction of sp³-hybridized carbons (Fsp3) is 0.472. The van der Waals surface area contributed by atoms with E-state index in [0.717, 1.165) is 50.8 Å². The number of hydrogen-bond acceptors (Lipinski definition) is 8. The lowest BCUT2D eigenvalue weighted by Crippen LogP contribution is -2.43. The Hall–Kier alpha value is -4.31. The van der Waals surface area contributed by atoms with E-state index in [1.807, 2.05) is 77.1 Å². The van der Waals surface area contributed by atoms with Gasteiger partial charge in [0, 0.05) is 24.8 Å². The number of methoxy groups -OCH3 is 1. The van der Waals surface area contributed by atoms with E-state index in [0.29, 0.717) is 45.9 Å². The number of hydrogen-bond donors (Lipinski definition) is 1. The Kier molecular flexibility index (Phi) is 8.35. The topological polar surface area (TPSA) is 111 Å². The zero-order valence-corrected chi connectivity index (χ0v) is 27.5. The van der Waals surface area contributed by atoms with Gasteiger partial charge in [0.05, 0.1) is 36.8 Å². The van der Waals surface area contributed by atoms with E-state index in [-0.39, 0.29) is 18.1 Å². The average Bonchev–Trinajstić information content (AvgIpc) is 3.70. The summed E-state index contributed by atoms with van der Waals surface area (Å²) in [4.78, 5) is 33.8. The van der Waals surface area contributed by atoms with Gasteiger partial charge in [0.2, 0.25) is 0 Å². The number of ether oxygens (including phenoxy) is 4. The Labute approximate surface area is 270 Å². The van der Waals surface area contributed by atoms with E-state index in [1.54, 1.807) is 12.0 Å². The second-order valence-corrected chi connectivity index (χ2v) is 13.6. The summed E-state index contributed by atoms with van der Waals surface area (Å²) in [6.07, 6.45) is 0.329. The Morgan fingerprint density at radius 2 is 1.89 bits per heavy atom. The molecular formula is C36H43N3O7. The minimum absolute atomic E-state index is 0.0993. The first-order chi connectivity index (χ1) is 21.9. The molecule has 6 rings (SSSR count). The van der Waals surface area contributed by atoms with Crippen LogP contribution in [0.3, 0.4) is 0 Å². The second-order valence-electron chi connectivity index (χ2n) is 13.6. The molecule has 1 unspecified atom stereocenters. The van der Waals surface area contributed by atoms with E-state index in [4.69, 9.17) is 23.9 Å². The summed E-state index contributed by atoms with van der Waals surface area (Å²) in [5, 5.41) is 10.0. The second kappa shape index (κ2) is 12.1. The van der Waals surface area contributed by atoms with Gasteiger partial charge < -0.3 is 33.9 Å². The molecule has 1 N–H and O–H groups in total. The predicted octanol–water partition coefficient (Wildman–Crippen LogP) is 6.00. The van der Waals surface area contributed by atoms with Crippen molar-refractivity contribution < 1.29 is 33.6 Å². The molecule has 2 aromatic carbocycles. The molecule has 244 valence electrons. The van der Waals surface area contributed by atoms with Crippen LogP contribution >= 0.6 is 0 Å². The van der Waals surface area contributed by atoms with Gasteiger partial charge in [-0.3, -0.25) is 4.79 Å². The third-order valence-electron chi connectivity index (χ3n) is 9.27. The fourth-order valence-corrected chi connectivity index (χ4v) is 6.91. The lowest BCUT2D eigenvalue weighted by atomic mass is 9.97. The largest absolute Gasteiger partial charge is 0.491 e. The molecule has 2 fully saturated rings. The Morgan fingerprint density at radius 1 is 1.11 bits per heavy atom. The Bertz CT molecular complexity index is 1650. The van der Waals surface area contributed by atoms with Crippen LogP contribution in [0, 0.1) is 25.2 Å². The smallest absolute Gasteiger partial charge is 0.410 e. The molecule has 0 radical (unpaired) electrons. The number of nitrogens with zero attached hydrogens (tertiary/aromatic N) is 3. The molecule has 10 nitrogen and oxygen atoms in total. The molecular weight excluding hydrogens is 586 g/mol. The number of rotatable bonds is 8. The molecule has 46 heavy (non-hydrogen) atoms. The molecule has 3 aliphatic rings. The van der Waals surface area contributed by atoms with Crippen molar-refractivity contribution in [3.8, 4) is 22.8 Å². The number of carboxylic acid groups (broad SMARTS) is 1. The minimum atomic E-state index is -0.769. The van der Waals surface area contributed by atoms with Crippen LogP contribution in [-0.2, 0) is 27.4 Å². The molecule has 1 amide bonds. The summed E-state index contributed by atoms with van der Waals surface area (Å²) in [6, 6.07) is 15.6.